The number of benzene rings is 2. The van der Waals surface area contributed by atoms with Crippen LogP contribution in [0.15, 0.2) is 63.5 Å². The summed E-state index contributed by atoms with van der Waals surface area (Å²) in [7, 11) is 3.08. The Labute approximate surface area is 229 Å². The third-order valence-electron chi connectivity index (χ3n) is 5.92. The highest BCUT2D eigenvalue weighted by Crippen LogP contribution is 2.35. The molecule has 0 spiro atoms. The highest BCUT2D eigenvalue weighted by molar-refractivity contribution is 7.07. The van der Waals surface area contributed by atoms with Crippen LogP contribution in [0.4, 0.5) is 0 Å². The van der Waals surface area contributed by atoms with Crippen LogP contribution < -0.4 is 24.4 Å². The van der Waals surface area contributed by atoms with Crippen molar-refractivity contribution >= 4 is 35.0 Å². The number of halogens is 1. The maximum Gasteiger partial charge on any atom is 0.338 e. The second-order valence-electron chi connectivity index (χ2n) is 8.48. The Morgan fingerprint density at radius 2 is 1.92 bits per heavy atom. The molecule has 0 amide bonds. The molecule has 0 aliphatic carbocycles. The van der Waals surface area contributed by atoms with Crippen LogP contribution >= 0.6 is 22.9 Å². The van der Waals surface area contributed by atoms with Crippen LogP contribution in [0.25, 0.3) is 6.08 Å². The van der Waals surface area contributed by atoms with Crippen molar-refractivity contribution in [2.75, 3.05) is 34.0 Å². The Kier molecular flexibility index (Phi) is 9.04. The first-order valence-electron chi connectivity index (χ1n) is 12.1. The van der Waals surface area contributed by atoms with E-state index in [2.05, 4.69) is 4.99 Å². The molecular formula is C28H29ClN2O6S. The number of hydrogen-bond acceptors (Lipinski definition) is 8. The van der Waals surface area contributed by atoms with Crippen LogP contribution in [-0.4, -0.2) is 44.6 Å². The number of esters is 1. The Morgan fingerprint density at radius 1 is 1.13 bits per heavy atom. The summed E-state index contributed by atoms with van der Waals surface area (Å²) >= 11 is 7.49. The molecule has 4 rings (SSSR count). The molecule has 10 heteroatoms. The number of methoxy groups -OCH3 is 2. The zero-order valence-corrected chi connectivity index (χ0v) is 23.2. The quantitative estimate of drug-likeness (QED) is 0.278. The summed E-state index contributed by atoms with van der Waals surface area (Å²) in [4.78, 5) is 32.3. The van der Waals surface area contributed by atoms with Gasteiger partial charge in [-0.1, -0.05) is 48.1 Å². The predicted molar refractivity (Wildman–Crippen MR) is 147 cm³/mol. The van der Waals surface area contributed by atoms with Crippen molar-refractivity contribution in [2.24, 2.45) is 4.99 Å². The SMILES string of the molecule is CCCOc1ccc(Cl)cc1C=c1sc2n(c1=O)C(c1ccccc1OC)C(C(=O)OCCOC)=C(C)N=2. The van der Waals surface area contributed by atoms with E-state index in [4.69, 9.17) is 30.5 Å². The van der Waals surface area contributed by atoms with Crippen molar-refractivity contribution < 1.29 is 23.7 Å². The summed E-state index contributed by atoms with van der Waals surface area (Å²) in [6.07, 6.45) is 2.58. The summed E-state index contributed by atoms with van der Waals surface area (Å²) < 4.78 is 23.9. The molecule has 2 heterocycles. The van der Waals surface area contributed by atoms with Gasteiger partial charge in [0, 0.05) is 23.3 Å². The lowest BCUT2D eigenvalue weighted by molar-refractivity contribution is -0.140. The van der Waals surface area contributed by atoms with E-state index in [0.717, 1.165) is 6.42 Å². The zero-order valence-electron chi connectivity index (χ0n) is 21.7. The van der Waals surface area contributed by atoms with Gasteiger partial charge in [0.15, 0.2) is 4.80 Å². The molecule has 0 fully saturated rings. The van der Waals surface area contributed by atoms with Gasteiger partial charge in [0.2, 0.25) is 0 Å². The van der Waals surface area contributed by atoms with Gasteiger partial charge in [-0.3, -0.25) is 9.36 Å². The third kappa shape index (κ3) is 5.70. The average Bonchev–Trinajstić information content (AvgIpc) is 3.21. The highest BCUT2D eigenvalue weighted by Gasteiger charge is 2.35. The van der Waals surface area contributed by atoms with Gasteiger partial charge in [-0.2, -0.15) is 0 Å². The molecule has 200 valence electrons. The number of carbonyl (C=O) groups is 1. The number of aromatic nitrogens is 1. The van der Waals surface area contributed by atoms with Crippen LogP contribution in [-0.2, 0) is 14.3 Å². The summed E-state index contributed by atoms with van der Waals surface area (Å²) in [5.74, 6) is 0.592. The van der Waals surface area contributed by atoms with Crippen molar-refractivity contribution in [1.29, 1.82) is 0 Å². The molecule has 2 aromatic carbocycles. The Hall–Kier alpha value is -3.40. The third-order valence-corrected chi connectivity index (χ3v) is 7.13. The van der Waals surface area contributed by atoms with Gasteiger partial charge >= 0.3 is 5.97 Å². The standard InChI is InChI=1S/C28H29ClN2O6S/c1-5-12-36-21-11-10-19(29)15-18(21)16-23-26(32)31-25(20-8-6-7-9-22(20)35-4)24(17(2)30-28(31)38-23)27(33)37-14-13-34-3/h6-11,15-16,25H,5,12-14H2,1-4H3. The number of hydrogen-bond donors (Lipinski definition) is 0. The maximum atomic E-state index is 13.9. The number of para-hydroxylation sites is 1. The molecule has 0 saturated heterocycles. The number of carbonyl (C=O) groups excluding carboxylic acids is 1. The Balaban J connectivity index is 1.92. The van der Waals surface area contributed by atoms with E-state index in [9.17, 15) is 9.59 Å². The van der Waals surface area contributed by atoms with Crippen molar-refractivity contribution in [1.82, 2.24) is 4.57 Å². The molecule has 0 saturated carbocycles. The van der Waals surface area contributed by atoms with Crippen molar-refractivity contribution in [2.45, 2.75) is 26.3 Å². The lowest BCUT2D eigenvalue weighted by Crippen LogP contribution is -2.40. The number of nitrogens with zero attached hydrogens (tertiary/aromatic N) is 2. The predicted octanol–water partition coefficient (Wildman–Crippen LogP) is 3.88. The van der Waals surface area contributed by atoms with Crippen molar-refractivity contribution in [3.05, 3.63) is 89.6 Å². The van der Waals surface area contributed by atoms with Gasteiger partial charge in [-0.25, -0.2) is 9.79 Å². The molecule has 0 N–H and O–H groups in total. The van der Waals surface area contributed by atoms with E-state index in [0.29, 0.717) is 49.3 Å². The van der Waals surface area contributed by atoms with Crippen LogP contribution in [0, 0.1) is 0 Å². The molecule has 1 aromatic heterocycles. The normalized spacial score (nSPS) is 15.2. The van der Waals surface area contributed by atoms with Crippen molar-refractivity contribution in [3.8, 4) is 11.5 Å². The smallest absolute Gasteiger partial charge is 0.338 e. The van der Waals surface area contributed by atoms with Gasteiger partial charge < -0.3 is 18.9 Å². The zero-order chi connectivity index (χ0) is 27.2. The minimum atomic E-state index is -0.797. The lowest BCUT2D eigenvalue weighted by atomic mass is 9.95. The second kappa shape index (κ2) is 12.4. The molecule has 0 bridgehead atoms. The first-order chi connectivity index (χ1) is 18.4. The van der Waals surface area contributed by atoms with Gasteiger partial charge in [-0.05, 0) is 43.7 Å². The molecule has 3 aromatic rings. The van der Waals surface area contributed by atoms with E-state index in [-0.39, 0.29) is 24.3 Å². The fourth-order valence-electron chi connectivity index (χ4n) is 4.18. The number of rotatable bonds is 10. The summed E-state index contributed by atoms with van der Waals surface area (Å²) in [6, 6.07) is 11.8. The van der Waals surface area contributed by atoms with Gasteiger partial charge in [0.1, 0.15) is 24.1 Å². The van der Waals surface area contributed by atoms with Gasteiger partial charge in [0.25, 0.3) is 5.56 Å². The minimum Gasteiger partial charge on any atom is -0.496 e. The molecule has 0 radical (unpaired) electrons. The van der Waals surface area contributed by atoms with E-state index < -0.39 is 12.0 Å². The summed E-state index contributed by atoms with van der Waals surface area (Å²) in [5, 5.41) is 0.525. The molecule has 1 aliphatic rings. The van der Waals surface area contributed by atoms with Gasteiger partial charge in [-0.15, -0.1) is 0 Å². The molecular weight excluding hydrogens is 528 g/mol. The fourth-order valence-corrected chi connectivity index (χ4v) is 5.40. The average molecular weight is 557 g/mol. The van der Waals surface area contributed by atoms with E-state index >= 15 is 0 Å². The summed E-state index contributed by atoms with van der Waals surface area (Å²) in [6.45, 7) is 4.61. The molecule has 38 heavy (non-hydrogen) atoms. The van der Waals surface area contributed by atoms with E-state index in [1.807, 2.05) is 25.1 Å². The minimum absolute atomic E-state index is 0.0739. The van der Waals surface area contributed by atoms with Crippen LogP contribution in [0.3, 0.4) is 0 Å². The molecule has 1 unspecified atom stereocenters. The highest BCUT2D eigenvalue weighted by atomic mass is 35.5. The summed E-state index contributed by atoms with van der Waals surface area (Å²) in [5.41, 5.74) is 1.75. The number of thiazole rings is 1. The lowest BCUT2D eigenvalue weighted by Gasteiger charge is -2.26. The van der Waals surface area contributed by atoms with Crippen LogP contribution in [0.1, 0.15) is 37.4 Å². The number of fused-ring (bicyclic) bond motifs is 1. The number of ether oxygens (including phenoxy) is 4. The van der Waals surface area contributed by atoms with E-state index in [1.165, 1.54) is 23.0 Å². The van der Waals surface area contributed by atoms with E-state index in [1.54, 1.807) is 44.4 Å². The fraction of sp³-hybridized carbons (Fsp3) is 0.321. The Bertz CT molecular complexity index is 1540. The van der Waals surface area contributed by atoms with Crippen LogP contribution in [0.2, 0.25) is 5.02 Å². The first kappa shape index (κ1) is 27.6. The molecule has 8 nitrogen and oxygen atoms in total. The topological polar surface area (TPSA) is 88.4 Å². The maximum absolute atomic E-state index is 13.9. The number of allylic oxidation sites excluding steroid dienone is 1. The van der Waals surface area contributed by atoms with Gasteiger partial charge in [0.05, 0.1) is 36.1 Å². The van der Waals surface area contributed by atoms with Crippen molar-refractivity contribution in [3.63, 3.8) is 0 Å². The van der Waals surface area contributed by atoms with Crippen LogP contribution in [0.5, 0.6) is 11.5 Å². The second-order valence-corrected chi connectivity index (χ2v) is 9.93. The Morgan fingerprint density at radius 3 is 2.66 bits per heavy atom. The molecule has 1 aliphatic heterocycles. The molecule has 1 atom stereocenters. The first-order valence-corrected chi connectivity index (χ1v) is 13.3. The largest absolute Gasteiger partial charge is 0.496 e. The monoisotopic (exact) mass is 556 g/mol.